The zero-order valence-electron chi connectivity index (χ0n) is 9.75. The molecule has 82 valence electrons. The quantitative estimate of drug-likeness (QED) is 0.744. The maximum absolute atomic E-state index is 4.37. The molecule has 1 N–H and O–H groups in total. The Morgan fingerprint density at radius 1 is 1.60 bits per heavy atom. The van der Waals surface area contributed by atoms with Crippen molar-refractivity contribution in [2.24, 2.45) is 7.05 Å². The Kier molecular flexibility index (Phi) is 4.92. The van der Waals surface area contributed by atoms with Crippen LogP contribution in [0.5, 0.6) is 0 Å². The van der Waals surface area contributed by atoms with Crippen LogP contribution in [0.1, 0.15) is 38.6 Å². The molecular formula is C12H19N3. The lowest BCUT2D eigenvalue weighted by Gasteiger charge is -2.16. The zero-order valence-corrected chi connectivity index (χ0v) is 9.75. The van der Waals surface area contributed by atoms with E-state index in [0.717, 1.165) is 25.2 Å². The molecule has 0 saturated heterocycles. The molecule has 3 nitrogen and oxygen atoms in total. The van der Waals surface area contributed by atoms with Gasteiger partial charge in [0.25, 0.3) is 0 Å². The van der Waals surface area contributed by atoms with Gasteiger partial charge in [0, 0.05) is 25.9 Å². The molecule has 3 heteroatoms. The fourth-order valence-electron chi connectivity index (χ4n) is 1.62. The first-order valence-corrected chi connectivity index (χ1v) is 5.39. The Balaban J connectivity index is 2.64. The average Bonchev–Trinajstić information content (AvgIpc) is 2.64. The summed E-state index contributed by atoms with van der Waals surface area (Å²) in [6.07, 6.45) is 5.75. The summed E-state index contributed by atoms with van der Waals surface area (Å²) < 4.78 is 2.06. The molecule has 1 unspecified atom stereocenters. The second kappa shape index (κ2) is 6.26. The molecule has 0 radical (unpaired) electrons. The minimum atomic E-state index is 0.316. The van der Waals surface area contributed by atoms with Gasteiger partial charge in [-0.3, -0.25) is 0 Å². The highest BCUT2D eigenvalue weighted by Crippen LogP contribution is 2.15. The van der Waals surface area contributed by atoms with Crippen LogP contribution in [0.3, 0.4) is 0 Å². The van der Waals surface area contributed by atoms with Gasteiger partial charge in [0.2, 0.25) is 0 Å². The van der Waals surface area contributed by atoms with Crippen molar-refractivity contribution >= 4 is 0 Å². The third-order valence-electron chi connectivity index (χ3n) is 2.36. The number of nitrogens with one attached hydrogen (secondary N) is 1. The third kappa shape index (κ3) is 3.41. The van der Waals surface area contributed by atoms with E-state index in [1.54, 1.807) is 0 Å². The molecule has 0 bridgehead atoms. The van der Waals surface area contributed by atoms with Gasteiger partial charge < -0.3 is 9.88 Å². The fourth-order valence-corrected chi connectivity index (χ4v) is 1.62. The van der Waals surface area contributed by atoms with Gasteiger partial charge in [-0.1, -0.05) is 6.92 Å². The fraction of sp³-hybridized carbons (Fsp3) is 0.583. The van der Waals surface area contributed by atoms with Crippen LogP contribution >= 0.6 is 0 Å². The Hall–Kier alpha value is -1.27. The summed E-state index contributed by atoms with van der Waals surface area (Å²) in [5, 5.41) is 3.43. The van der Waals surface area contributed by atoms with E-state index < -0.39 is 0 Å². The van der Waals surface area contributed by atoms with Crippen LogP contribution in [-0.2, 0) is 7.05 Å². The van der Waals surface area contributed by atoms with Gasteiger partial charge in [0.05, 0.1) is 6.04 Å². The number of imidazole rings is 1. The van der Waals surface area contributed by atoms with Gasteiger partial charge in [0.15, 0.2) is 0 Å². The van der Waals surface area contributed by atoms with Crippen LogP contribution in [0.4, 0.5) is 0 Å². The first kappa shape index (κ1) is 11.8. The summed E-state index contributed by atoms with van der Waals surface area (Å²) in [5.74, 6) is 7.10. The van der Waals surface area contributed by atoms with Gasteiger partial charge in [-0.25, -0.2) is 4.98 Å². The number of nitrogens with zero attached hydrogens (tertiary/aromatic N) is 2. The molecule has 1 rings (SSSR count). The van der Waals surface area contributed by atoms with Gasteiger partial charge in [0.1, 0.15) is 5.82 Å². The predicted octanol–water partition coefficient (Wildman–Crippen LogP) is 1.87. The number of hydrogen-bond donors (Lipinski definition) is 1. The molecule has 1 heterocycles. The maximum atomic E-state index is 4.37. The maximum Gasteiger partial charge on any atom is 0.125 e. The van der Waals surface area contributed by atoms with Crippen molar-refractivity contribution in [1.29, 1.82) is 0 Å². The van der Waals surface area contributed by atoms with Crippen molar-refractivity contribution in [3.8, 4) is 11.8 Å². The van der Waals surface area contributed by atoms with E-state index >= 15 is 0 Å². The van der Waals surface area contributed by atoms with E-state index in [2.05, 4.69) is 33.6 Å². The van der Waals surface area contributed by atoms with Crippen molar-refractivity contribution in [1.82, 2.24) is 14.9 Å². The van der Waals surface area contributed by atoms with Crippen LogP contribution < -0.4 is 5.32 Å². The Bertz CT molecular complexity index is 343. The minimum Gasteiger partial charge on any atom is -0.337 e. The summed E-state index contributed by atoms with van der Waals surface area (Å²) in [6, 6.07) is 0.316. The lowest BCUT2D eigenvalue weighted by Crippen LogP contribution is -2.23. The Morgan fingerprint density at radius 3 is 2.93 bits per heavy atom. The molecule has 0 saturated carbocycles. The first-order valence-electron chi connectivity index (χ1n) is 5.39. The SMILES string of the molecule is CC#CCCC(NCC)c1nccn1C. The number of hydrogen-bond acceptors (Lipinski definition) is 2. The topological polar surface area (TPSA) is 29.9 Å². The molecule has 1 aromatic heterocycles. The van der Waals surface area contributed by atoms with E-state index in [0.29, 0.717) is 6.04 Å². The molecule has 0 aliphatic carbocycles. The van der Waals surface area contributed by atoms with Crippen LogP contribution in [-0.4, -0.2) is 16.1 Å². The van der Waals surface area contributed by atoms with Crippen LogP contribution in [0.2, 0.25) is 0 Å². The largest absolute Gasteiger partial charge is 0.337 e. The molecule has 1 aromatic rings. The summed E-state index contributed by atoms with van der Waals surface area (Å²) in [6.45, 7) is 4.95. The molecule has 0 aliphatic rings. The predicted molar refractivity (Wildman–Crippen MR) is 62.3 cm³/mol. The highest BCUT2D eigenvalue weighted by molar-refractivity contribution is 5.02. The first-order chi connectivity index (χ1) is 7.29. The standard InChI is InChI=1S/C12H19N3/c1-4-6-7-8-11(13-5-2)12-14-9-10-15(12)3/h9-11,13H,5,7-8H2,1-3H3. The number of rotatable bonds is 5. The molecule has 0 spiro atoms. The van der Waals surface area contributed by atoms with Crippen molar-refractivity contribution in [3.63, 3.8) is 0 Å². The molecule has 15 heavy (non-hydrogen) atoms. The molecular weight excluding hydrogens is 186 g/mol. The highest BCUT2D eigenvalue weighted by atomic mass is 15.1. The van der Waals surface area contributed by atoms with E-state index in [1.165, 1.54) is 0 Å². The highest BCUT2D eigenvalue weighted by Gasteiger charge is 2.13. The van der Waals surface area contributed by atoms with Gasteiger partial charge >= 0.3 is 0 Å². The lowest BCUT2D eigenvalue weighted by atomic mass is 10.1. The zero-order chi connectivity index (χ0) is 11.1. The Morgan fingerprint density at radius 2 is 2.40 bits per heavy atom. The number of aryl methyl sites for hydroxylation is 1. The Labute approximate surface area is 91.9 Å². The van der Waals surface area contributed by atoms with Crippen LogP contribution in [0, 0.1) is 11.8 Å². The van der Waals surface area contributed by atoms with Crippen LogP contribution in [0.15, 0.2) is 12.4 Å². The van der Waals surface area contributed by atoms with E-state index in [-0.39, 0.29) is 0 Å². The van der Waals surface area contributed by atoms with E-state index in [4.69, 9.17) is 0 Å². The van der Waals surface area contributed by atoms with Gasteiger partial charge in [-0.15, -0.1) is 11.8 Å². The van der Waals surface area contributed by atoms with Gasteiger partial charge in [-0.05, 0) is 19.9 Å². The number of aromatic nitrogens is 2. The van der Waals surface area contributed by atoms with Crippen molar-refractivity contribution in [3.05, 3.63) is 18.2 Å². The second-order valence-electron chi connectivity index (χ2n) is 3.47. The monoisotopic (exact) mass is 205 g/mol. The molecule has 0 aromatic carbocycles. The lowest BCUT2D eigenvalue weighted by molar-refractivity contribution is 0.484. The van der Waals surface area contributed by atoms with Crippen molar-refractivity contribution in [2.75, 3.05) is 6.54 Å². The average molecular weight is 205 g/mol. The minimum absolute atomic E-state index is 0.316. The summed E-state index contributed by atoms with van der Waals surface area (Å²) in [4.78, 5) is 4.37. The van der Waals surface area contributed by atoms with Gasteiger partial charge in [-0.2, -0.15) is 0 Å². The normalized spacial score (nSPS) is 11.9. The second-order valence-corrected chi connectivity index (χ2v) is 3.47. The van der Waals surface area contributed by atoms with Crippen molar-refractivity contribution < 1.29 is 0 Å². The third-order valence-corrected chi connectivity index (χ3v) is 2.36. The molecule has 1 atom stereocenters. The van der Waals surface area contributed by atoms with E-state index in [1.807, 2.05) is 26.4 Å². The summed E-state index contributed by atoms with van der Waals surface area (Å²) in [7, 11) is 2.03. The molecule has 0 aliphatic heterocycles. The van der Waals surface area contributed by atoms with Crippen LogP contribution in [0.25, 0.3) is 0 Å². The van der Waals surface area contributed by atoms with E-state index in [9.17, 15) is 0 Å². The molecule has 0 amide bonds. The van der Waals surface area contributed by atoms with Crippen molar-refractivity contribution in [2.45, 2.75) is 32.7 Å². The molecule has 0 fully saturated rings. The summed E-state index contributed by atoms with van der Waals surface area (Å²) >= 11 is 0. The smallest absolute Gasteiger partial charge is 0.125 e. The summed E-state index contributed by atoms with van der Waals surface area (Å²) in [5.41, 5.74) is 0.